The van der Waals surface area contributed by atoms with Crippen LogP contribution in [0, 0.1) is 5.41 Å². The molecule has 0 aromatic heterocycles. The summed E-state index contributed by atoms with van der Waals surface area (Å²) in [5, 5.41) is 2.65. The number of alkyl halides is 2. The van der Waals surface area contributed by atoms with Crippen molar-refractivity contribution in [1.82, 2.24) is 10.2 Å². The monoisotopic (exact) mass is 296 g/mol. The molecule has 0 aliphatic carbocycles. The van der Waals surface area contributed by atoms with Crippen LogP contribution in [0.1, 0.15) is 39.5 Å². The molecule has 1 atom stereocenters. The van der Waals surface area contributed by atoms with Gasteiger partial charge in [-0.25, -0.2) is 8.78 Å². The third-order valence-corrected chi connectivity index (χ3v) is 4.66. The lowest BCUT2D eigenvalue weighted by Gasteiger charge is -2.27. The smallest absolute Gasteiger partial charge is 0.262 e. The summed E-state index contributed by atoms with van der Waals surface area (Å²) in [4.78, 5) is 14.0. The predicted octanol–water partition coefficient (Wildman–Crippen LogP) is 2.44. The van der Waals surface area contributed by atoms with E-state index in [0.29, 0.717) is 6.54 Å². The van der Waals surface area contributed by atoms with E-state index < -0.39 is 12.0 Å². The highest BCUT2D eigenvalue weighted by molar-refractivity contribution is 5.85. The van der Waals surface area contributed by atoms with Crippen LogP contribution in [0.5, 0.6) is 0 Å². The number of carbonyl (C=O) groups is 1. The van der Waals surface area contributed by atoms with Gasteiger partial charge >= 0.3 is 0 Å². The summed E-state index contributed by atoms with van der Waals surface area (Å²) in [5.41, 5.74) is 0.205. The molecular weight excluding hydrogens is 274 g/mol. The number of hydrogen-bond donors (Lipinski definition) is 1. The van der Waals surface area contributed by atoms with Gasteiger partial charge in [0.05, 0.1) is 12.6 Å². The van der Waals surface area contributed by atoms with E-state index in [9.17, 15) is 13.6 Å². The Balaban J connectivity index is 0.00000180. The third kappa shape index (κ3) is 3.37. The number of nitrogens with one attached hydrogen (secondary N) is 1. The van der Waals surface area contributed by atoms with Gasteiger partial charge in [-0.3, -0.25) is 10.1 Å². The van der Waals surface area contributed by atoms with Gasteiger partial charge in [0.2, 0.25) is 5.91 Å². The fourth-order valence-electron chi connectivity index (χ4n) is 3.06. The summed E-state index contributed by atoms with van der Waals surface area (Å²) in [7, 11) is 0. The molecule has 112 valence electrons. The van der Waals surface area contributed by atoms with E-state index in [1.54, 1.807) is 4.90 Å². The van der Waals surface area contributed by atoms with Gasteiger partial charge in [-0.1, -0.05) is 13.8 Å². The van der Waals surface area contributed by atoms with Crippen molar-refractivity contribution >= 4 is 18.3 Å². The summed E-state index contributed by atoms with van der Waals surface area (Å²) in [5.74, 6) is -2.87. The molecular formula is C13H23ClF2N2O. The Morgan fingerprint density at radius 1 is 1.37 bits per heavy atom. The first-order valence-corrected chi connectivity index (χ1v) is 6.81. The van der Waals surface area contributed by atoms with E-state index in [-0.39, 0.29) is 36.7 Å². The van der Waals surface area contributed by atoms with Crippen molar-refractivity contribution in [3.63, 3.8) is 0 Å². The van der Waals surface area contributed by atoms with Crippen LogP contribution in [0.15, 0.2) is 0 Å². The van der Waals surface area contributed by atoms with Gasteiger partial charge in [-0.05, 0) is 24.7 Å². The van der Waals surface area contributed by atoms with Gasteiger partial charge in [0, 0.05) is 19.5 Å². The number of carbonyl (C=O) groups excluding carboxylic acids is 1. The molecule has 2 heterocycles. The second kappa shape index (κ2) is 5.92. The summed E-state index contributed by atoms with van der Waals surface area (Å²) in [6.07, 6.45) is 2.73. The normalized spacial score (nSPS) is 28.2. The number of amides is 1. The maximum absolute atomic E-state index is 13.1. The minimum atomic E-state index is -2.73. The van der Waals surface area contributed by atoms with Crippen molar-refractivity contribution < 1.29 is 13.6 Å². The summed E-state index contributed by atoms with van der Waals surface area (Å²) >= 11 is 0. The second-order valence-corrected chi connectivity index (χ2v) is 5.71. The Kier molecular flexibility index (Phi) is 5.18. The lowest BCUT2D eigenvalue weighted by atomic mass is 9.82. The number of rotatable bonds is 3. The van der Waals surface area contributed by atoms with Gasteiger partial charge in [-0.15, -0.1) is 12.4 Å². The minimum absolute atomic E-state index is 0. The van der Waals surface area contributed by atoms with Crippen LogP contribution in [0.25, 0.3) is 0 Å². The topological polar surface area (TPSA) is 32.3 Å². The molecule has 2 aliphatic heterocycles. The third-order valence-electron chi connectivity index (χ3n) is 4.66. The van der Waals surface area contributed by atoms with Crippen molar-refractivity contribution in [3.05, 3.63) is 0 Å². The van der Waals surface area contributed by atoms with Crippen LogP contribution in [0.4, 0.5) is 8.78 Å². The quantitative estimate of drug-likeness (QED) is 0.867. The minimum Gasteiger partial charge on any atom is -0.341 e. The van der Waals surface area contributed by atoms with Crippen molar-refractivity contribution in [2.45, 2.75) is 51.5 Å². The highest BCUT2D eigenvalue weighted by Gasteiger charge is 2.46. The molecule has 0 bridgehead atoms. The van der Waals surface area contributed by atoms with Crippen molar-refractivity contribution in [3.8, 4) is 0 Å². The van der Waals surface area contributed by atoms with Crippen LogP contribution >= 0.6 is 12.4 Å². The van der Waals surface area contributed by atoms with Crippen molar-refractivity contribution in [2.75, 3.05) is 19.6 Å². The molecule has 1 amide bonds. The van der Waals surface area contributed by atoms with Gasteiger partial charge in [0.1, 0.15) is 0 Å². The SMILES string of the molecule is CCC1(CC)CCN(C(=O)C2CC(F)(F)CN2)C1.Cl. The Morgan fingerprint density at radius 2 is 2.00 bits per heavy atom. The largest absolute Gasteiger partial charge is 0.341 e. The highest BCUT2D eigenvalue weighted by Crippen LogP contribution is 2.37. The molecule has 1 N–H and O–H groups in total. The lowest BCUT2D eigenvalue weighted by Crippen LogP contribution is -2.43. The molecule has 0 aromatic rings. The highest BCUT2D eigenvalue weighted by atomic mass is 35.5. The molecule has 19 heavy (non-hydrogen) atoms. The van der Waals surface area contributed by atoms with Crippen molar-refractivity contribution in [1.29, 1.82) is 0 Å². The number of likely N-dealkylation sites (tertiary alicyclic amines) is 1. The first-order chi connectivity index (χ1) is 8.41. The molecule has 2 rings (SSSR count). The van der Waals surface area contributed by atoms with Crippen LogP contribution < -0.4 is 5.32 Å². The zero-order chi connectivity index (χ0) is 13.4. The first-order valence-electron chi connectivity index (χ1n) is 6.81. The molecule has 0 aromatic carbocycles. The summed E-state index contributed by atoms with van der Waals surface area (Å²) in [6, 6.07) is -0.690. The molecule has 1 unspecified atom stereocenters. The Morgan fingerprint density at radius 3 is 2.42 bits per heavy atom. The maximum Gasteiger partial charge on any atom is 0.262 e. The average Bonchev–Trinajstić information content (AvgIpc) is 2.92. The maximum atomic E-state index is 13.1. The summed E-state index contributed by atoms with van der Waals surface area (Å²) in [6.45, 7) is 5.34. The van der Waals surface area contributed by atoms with E-state index in [1.807, 2.05) is 0 Å². The van der Waals surface area contributed by atoms with E-state index in [1.165, 1.54) is 0 Å². The average molecular weight is 297 g/mol. The standard InChI is InChI=1S/C13H22F2N2O.ClH/c1-3-12(4-2)5-6-17(9-12)11(18)10-7-13(14,15)8-16-10;/h10,16H,3-9H2,1-2H3;1H. The van der Waals surface area contributed by atoms with E-state index in [2.05, 4.69) is 19.2 Å². The van der Waals surface area contributed by atoms with Gasteiger partial charge in [0.15, 0.2) is 0 Å². The second-order valence-electron chi connectivity index (χ2n) is 5.71. The molecule has 6 heteroatoms. The Hall–Kier alpha value is -0.420. The fraction of sp³-hybridized carbons (Fsp3) is 0.923. The van der Waals surface area contributed by atoms with Crippen LogP contribution in [0.3, 0.4) is 0 Å². The Bertz CT molecular complexity index is 335. The number of nitrogens with zero attached hydrogens (tertiary/aromatic N) is 1. The Labute approximate surface area is 119 Å². The van der Waals surface area contributed by atoms with Crippen LogP contribution in [-0.4, -0.2) is 42.4 Å². The summed E-state index contributed by atoms with van der Waals surface area (Å²) < 4.78 is 26.2. The molecule has 0 saturated carbocycles. The molecule has 2 aliphatic rings. The molecule has 0 spiro atoms. The van der Waals surface area contributed by atoms with E-state index in [4.69, 9.17) is 0 Å². The van der Waals surface area contributed by atoms with Crippen LogP contribution in [0.2, 0.25) is 0 Å². The van der Waals surface area contributed by atoms with Gasteiger partial charge in [0.25, 0.3) is 5.92 Å². The fourth-order valence-corrected chi connectivity index (χ4v) is 3.06. The van der Waals surface area contributed by atoms with Gasteiger partial charge in [-0.2, -0.15) is 0 Å². The van der Waals surface area contributed by atoms with E-state index >= 15 is 0 Å². The predicted molar refractivity (Wildman–Crippen MR) is 72.8 cm³/mol. The first kappa shape index (κ1) is 16.6. The molecule has 2 saturated heterocycles. The zero-order valence-corrected chi connectivity index (χ0v) is 12.4. The van der Waals surface area contributed by atoms with Crippen LogP contribution in [-0.2, 0) is 4.79 Å². The zero-order valence-electron chi connectivity index (χ0n) is 11.5. The number of halogens is 3. The number of hydrogen-bond acceptors (Lipinski definition) is 2. The molecule has 0 radical (unpaired) electrons. The van der Waals surface area contributed by atoms with E-state index in [0.717, 1.165) is 25.8 Å². The molecule has 3 nitrogen and oxygen atoms in total. The van der Waals surface area contributed by atoms with Gasteiger partial charge < -0.3 is 4.90 Å². The van der Waals surface area contributed by atoms with Crippen molar-refractivity contribution in [2.24, 2.45) is 5.41 Å². The molecule has 2 fully saturated rings. The lowest BCUT2D eigenvalue weighted by molar-refractivity contribution is -0.133.